The number of amides is 1. The molecule has 0 heterocycles. The predicted molar refractivity (Wildman–Crippen MR) is 96.7 cm³/mol. The smallest absolute Gasteiger partial charge is 0.224 e. The van der Waals surface area contributed by atoms with E-state index in [9.17, 15) is 4.79 Å². The van der Waals surface area contributed by atoms with Gasteiger partial charge in [0.1, 0.15) is 0 Å². The average molecular weight is 326 g/mol. The van der Waals surface area contributed by atoms with E-state index >= 15 is 0 Å². The van der Waals surface area contributed by atoms with Crippen molar-refractivity contribution in [2.45, 2.75) is 46.1 Å². The molecule has 23 heavy (non-hydrogen) atoms. The molecule has 1 atom stereocenters. The topological polar surface area (TPSA) is 60.0 Å². The molecule has 0 aromatic rings. The molecule has 1 fully saturated rings. The van der Waals surface area contributed by atoms with Crippen molar-refractivity contribution < 1.29 is 4.79 Å². The number of hydrogen-bond donors (Lipinski definition) is 2. The summed E-state index contributed by atoms with van der Waals surface area (Å²) < 4.78 is 0. The van der Waals surface area contributed by atoms with Crippen LogP contribution >= 0.6 is 0 Å². The minimum atomic E-state index is 0.197. The van der Waals surface area contributed by atoms with Crippen molar-refractivity contribution in [3.8, 4) is 0 Å². The third-order valence-corrected chi connectivity index (χ3v) is 4.36. The van der Waals surface area contributed by atoms with E-state index < -0.39 is 0 Å². The quantitative estimate of drug-likeness (QED) is 0.467. The maximum atomic E-state index is 12.0. The molecule has 1 rings (SSSR count). The molecule has 6 heteroatoms. The Morgan fingerprint density at radius 1 is 1.17 bits per heavy atom. The van der Waals surface area contributed by atoms with E-state index in [-0.39, 0.29) is 5.91 Å². The highest BCUT2D eigenvalue weighted by atomic mass is 16.2. The number of rotatable bonds is 10. The summed E-state index contributed by atoms with van der Waals surface area (Å²) in [6.45, 7) is 9.88. The van der Waals surface area contributed by atoms with Gasteiger partial charge in [-0.1, -0.05) is 0 Å². The number of likely N-dealkylation sites (N-methyl/N-ethyl adjacent to an activating group) is 1. The third-order valence-electron chi connectivity index (χ3n) is 4.36. The number of hydrogen-bond acceptors (Lipinski definition) is 3. The largest absolute Gasteiger partial charge is 0.357 e. The molecule has 0 radical (unpaired) electrons. The van der Waals surface area contributed by atoms with E-state index in [1.807, 2.05) is 18.7 Å². The van der Waals surface area contributed by atoms with E-state index in [4.69, 9.17) is 4.99 Å². The summed E-state index contributed by atoms with van der Waals surface area (Å²) in [5.41, 5.74) is 0. The summed E-state index contributed by atoms with van der Waals surface area (Å²) in [5, 5.41) is 6.54. The molecule has 134 valence electrons. The Kier molecular flexibility index (Phi) is 8.99. The van der Waals surface area contributed by atoms with E-state index in [2.05, 4.69) is 36.6 Å². The lowest BCUT2D eigenvalue weighted by atomic mass is 10.2. The Morgan fingerprint density at radius 3 is 2.30 bits per heavy atom. The van der Waals surface area contributed by atoms with Gasteiger partial charge < -0.3 is 20.4 Å². The molecule has 1 aliphatic rings. The second kappa shape index (κ2) is 10.5. The Balaban J connectivity index is 2.44. The number of nitrogens with one attached hydrogen (secondary N) is 2. The van der Waals surface area contributed by atoms with Crippen molar-refractivity contribution in [1.29, 1.82) is 0 Å². The third kappa shape index (κ3) is 7.20. The van der Waals surface area contributed by atoms with Crippen molar-refractivity contribution >= 4 is 11.9 Å². The van der Waals surface area contributed by atoms with Gasteiger partial charge in [0.2, 0.25) is 5.91 Å². The molecule has 0 saturated heterocycles. The van der Waals surface area contributed by atoms with Gasteiger partial charge in [-0.15, -0.1) is 0 Å². The van der Waals surface area contributed by atoms with Crippen LogP contribution in [-0.4, -0.2) is 74.5 Å². The van der Waals surface area contributed by atoms with Crippen LogP contribution in [0.5, 0.6) is 0 Å². The van der Waals surface area contributed by atoms with Crippen LogP contribution in [0.25, 0.3) is 0 Å². The first kappa shape index (κ1) is 19.7. The molecule has 1 aliphatic carbocycles. The highest BCUT2D eigenvalue weighted by Gasteiger charge is 2.32. The van der Waals surface area contributed by atoms with Crippen LogP contribution < -0.4 is 10.6 Å². The highest BCUT2D eigenvalue weighted by Crippen LogP contribution is 2.34. The lowest BCUT2D eigenvalue weighted by molar-refractivity contribution is -0.130. The molecule has 1 unspecified atom stereocenters. The molecule has 2 N–H and O–H groups in total. The van der Waals surface area contributed by atoms with Gasteiger partial charge in [0.25, 0.3) is 0 Å². The van der Waals surface area contributed by atoms with Crippen molar-refractivity contribution in [3.05, 3.63) is 0 Å². The van der Waals surface area contributed by atoms with Gasteiger partial charge in [-0.05, 0) is 53.6 Å². The number of aliphatic imine (C=N–C) groups is 1. The van der Waals surface area contributed by atoms with E-state index in [0.29, 0.717) is 19.0 Å². The number of nitrogens with zero attached hydrogens (tertiary/aromatic N) is 3. The van der Waals surface area contributed by atoms with Crippen molar-refractivity contribution in [1.82, 2.24) is 20.4 Å². The van der Waals surface area contributed by atoms with E-state index in [1.54, 1.807) is 0 Å². The van der Waals surface area contributed by atoms with E-state index in [0.717, 1.165) is 38.1 Å². The first-order valence-corrected chi connectivity index (χ1v) is 8.99. The van der Waals surface area contributed by atoms with Crippen LogP contribution in [0.3, 0.4) is 0 Å². The normalized spacial score (nSPS) is 16.3. The Hall–Kier alpha value is -1.30. The fraction of sp³-hybridized carbons (Fsp3) is 0.882. The summed E-state index contributed by atoms with van der Waals surface area (Å²) in [5.74, 6) is 1.80. The molecule has 0 aliphatic heterocycles. The van der Waals surface area contributed by atoms with Crippen LogP contribution in [0, 0.1) is 5.92 Å². The summed E-state index contributed by atoms with van der Waals surface area (Å²) in [6, 6.07) is 0.516. The zero-order valence-electron chi connectivity index (χ0n) is 15.6. The molecule has 0 aromatic heterocycles. The fourth-order valence-electron chi connectivity index (χ4n) is 2.76. The van der Waals surface area contributed by atoms with Gasteiger partial charge in [-0.25, -0.2) is 0 Å². The lowest BCUT2D eigenvalue weighted by Gasteiger charge is -2.23. The van der Waals surface area contributed by atoms with Gasteiger partial charge in [-0.2, -0.15) is 0 Å². The minimum absolute atomic E-state index is 0.197. The molecular weight excluding hydrogens is 290 g/mol. The average Bonchev–Trinajstić information content (AvgIpc) is 3.33. The van der Waals surface area contributed by atoms with Gasteiger partial charge in [0.05, 0.1) is 6.54 Å². The first-order chi connectivity index (χ1) is 11.0. The number of carbonyl (C=O) groups excluding carboxylic acids is 1. The Bertz CT molecular complexity index is 373. The van der Waals surface area contributed by atoms with Crippen molar-refractivity contribution in [3.63, 3.8) is 0 Å². The summed E-state index contributed by atoms with van der Waals surface area (Å²) >= 11 is 0. The van der Waals surface area contributed by atoms with Gasteiger partial charge in [0.15, 0.2) is 5.96 Å². The monoisotopic (exact) mass is 325 g/mol. The van der Waals surface area contributed by atoms with E-state index in [1.165, 1.54) is 12.8 Å². The Labute approximate surface area is 141 Å². The summed E-state index contributed by atoms with van der Waals surface area (Å²) in [6.07, 6.45) is 3.15. The first-order valence-electron chi connectivity index (χ1n) is 8.99. The van der Waals surface area contributed by atoms with Crippen LogP contribution in [-0.2, 0) is 4.79 Å². The number of guanidine groups is 1. The molecule has 0 aromatic carbocycles. The second-order valence-electron chi connectivity index (χ2n) is 6.33. The molecule has 1 amide bonds. The molecule has 1 saturated carbocycles. The standard InChI is InChI=1S/C17H35N5O/c1-6-18-17(19-12-11-16(23)22(7-2)8-3)20-13-15(21(4)5)14-9-10-14/h14-15H,6-13H2,1-5H3,(H2,18,19,20). The molecule has 0 bridgehead atoms. The SMILES string of the molecule is CCNC(=NCC(C1CC1)N(C)C)NCCC(=O)N(CC)CC. The van der Waals surface area contributed by atoms with Crippen LogP contribution in [0.1, 0.15) is 40.0 Å². The van der Waals surface area contributed by atoms with Crippen LogP contribution in [0.15, 0.2) is 4.99 Å². The second-order valence-corrected chi connectivity index (χ2v) is 6.33. The van der Waals surface area contributed by atoms with Crippen molar-refractivity contribution in [2.75, 3.05) is 46.8 Å². The summed E-state index contributed by atoms with van der Waals surface area (Å²) in [7, 11) is 4.25. The maximum Gasteiger partial charge on any atom is 0.224 e. The highest BCUT2D eigenvalue weighted by molar-refractivity contribution is 5.81. The minimum Gasteiger partial charge on any atom is -0.357 e. The molecule has 6 nitrogen and oxygen atoms in total. The molecule has 0 spiro atoms. The van der Waals surface area contributed by atoms with Gasteiger partial charge in [-0.3, -0.25) is 9.79 Å². The summed E-state index contributed by atoms with van der Waals surface area (Å²) in [4.78, 5) is 20.9. The Morgan fingerprint density at radius 2 is 1.83 bits per heavy atom. The van der Waals surface area contributed by atoms with Crippen molar-refractivity contribution in [2.24, 2.45) is 10.9 Å². The predicted octanol–water partition coefficient (Wildman–Crippen LogP) is 1.14. The maximum absolute atomic E-state index is 12.0. The van der Waals surface area contributed by atoms with Gasteiger partial charge >= 0.3 is 0 Å². The zero-order valence-corrected chi connectivity index (χ0v) is 15.6. The zero-order chi connectivity index (χ0) is 17.2. The van der Waals surface area contributed by atoms with Crippen LogP contribution in [0.4, 0.5) is 0 Å². The molecular formula is C17H35N5O. The lowest BCUT2D eigenvalue weighted by Crippen LogP contribution is -2.41. The van der Waals surface area contributed by atoms with Crippen LogP contribution in [0.2, 0.25) is 0 Å². The van der Waals surface area contributed by atoms with Gasteiger partial charge in [0, 0.05) is 38.6 Å². The fourth-order valence-corrected chi connectivity index (χ4v) is 2.76. The number of carbonyl (C=O) groups is 1.